The molecule has 1 aliphatic heterocycles. The van der Waals surface area contributed by atoms with Gasteiger partial charge in [0.1, 0.15) is 5.82 Å². The summed E-state index contributed by atoms with van der Waals surface area (Å²) >= 11 is 3.06. The van der Waals surface area contributed by atoms with Crippen molar-refractivity contribution >= 4 is 21.8 Å². The fraction of sp³-hybridized carbons (Fsp3) is 0.462. The highest BCUT2D eigenvalue weighted by Crippen LogP contribution is 2.34. The summed E-state index contributed by atoms with van der Waals surface area (Å²) in [7, 11) is 0. The van der Waals surface area contributed by atoms with Crippen molar-refractivity contribution in [3.05, 3.63) is 34.1 Å². The minimum Gasteiger partial charge on any atom is -0.338 e. The van der Waals surface area contributed by atoms with Gasteiger partial charge in [0.25, 0.3) is 5.91 Å². The largest absolute Gasteiger partial charge is 0.393 e. The fourth-order valence-corrected chi connectivity index (χ4v) is 2.78. The first-order chi connectivity index (χ1) is 9.29. The zero-order chi connectivity index (χ0) is 14.9. The van der Waals surface area contributed by atoms with Crippen molar-refractivity contribution in [2.24, 2.45) is 5.92 Å². The second-order valence-corrected chi connectivity index (χ2v) is 5.61. The van der Waals surface area contributed by atoms with Crippen LogP contribution in [0.15, 0.2) is 22.7 Å². The van der Waals surface area contributed by atoms with E-state index in [-0.39, 0.29) is 29.5 Å². The van der Waals surface area contributed by atoms with E-state index >= 15 is 0 Å². The molecule has 0 bridgehead atoms. The molecule has 20 heavy (non-hydrogen) atoms. The number of rotatable bonds is 1. The maximum absolute atomic E-state index is 13.0. The Morgan fingerprint density at radius 3 is 2.65 bits per heavy atom. The standard InChI is InChI=1S/C13H12BrF4NO/c14-11-6-9(15)3-4-10(11)12(20)19-5-1-2-8(7-19)13(16,17)18/h3-4,6,8H,1-2,5,7H2. The van der Waals surface area contributed by atoms with Crippen LogP contribution in [0.1, 0.15) is 23.2 Å². The van der Waals surface area contributed by atoms with Gasteiger partial charge in [-0.3, -0.25) is 4.79 Å². The van der Waals surface area contributed by atoms with Gasteiger partial charge in [0.15, 0.2) is 0 Å². The Bertz CT molecular complexity index is 518. The van der Waals surface area contributed by atoms with Crippen LogP contribution in [0.4, 0.5) is 17.6 Å². The van der Waals surface area contributed by atoms with Gasteiger partial charge in [-0.1, -0.05) is 0 Å². The normalized spacial score (nSPS) is 20.1. The molecule has 0 aromatic heterocycles. The van der Waals surface area contributed by atoms with Gasteiger partial charge < -0.3 is 4.90 Å². The van der Waals surface area contributed by atoms with Crippen LogP contribution in [0.3, 0.4) is 0 Å². The van der Waals surface area contributed by atoms with Crippen LogP contribution in [0.5, 0.6) is 0 Å². The van der Waals surface area contributed by atoms with Gasteiger partial charge in [-0.05, 0) is 47.0 Å². The molecule has 0 aliphatic carbocycles. The van der Waals surface area contributed by atoms with Crippen molar-refractivity contribution in [2.45, 2.75) is 19.0 Å². The number of likely N-dealkylation sites (tertiary alicyclic amines) is 1. The lowest BCUT2D eigenvalue weighted by molar-refractivity contribution is -0.184. The molecular weight excluding hydrogens is 342 g/mol. The van der Waals surface area contributed by atoms with Gasteiger partial charge in [0.2, 0.25) is 0 Å². The van der Waals surface area contributed by atoms with Gasteiger partial charge >= 0.3 is 6.18 Å². The van der Waals surface area contributed by atoms with Crippen molar-refractivity contribution in [1.29, 1.82) is 0 Å². The molecule has 1 amide bonds. The SMILES string of the molecule is O=C(c1ccc(F)cc1Br)N1CCCC(C(F)(F)F)C1. The molecule has 7 heteroatoms. The van der Waals surface area contributed by atoms with Gasteiger partial charge in [-0.25, -0.2) is 4.39 Å². The molecule has 2 nitrogen and oxygen atoms in total. The first-order valence-electron chi connectivity index (χ1n) is 6.10. The molecule has 1 saturated heterocycles. The molecule has 0 N–H and O–H groups in total. The van der Waals surface area contributed by atoms with Crippen LogP contribution in [-0.4, -0.2) is 30.1 Å². The number of halogens is 5. The van der Waals surface area contributed by atoms with E-state index in [4.69, 9.17) is 0 Å². The smallest absolute Gasteiger partial charge is 0.338 e. The molecule has 0 radical (unpaired) electrons. The van der Waals surface area contributed by atoms with Crippen molar-refractivity contribution in [3.63, 3.8) is 0 Å². The summed E-state index contributed by atoms with van der Waals surface area (Å²) in [6.45, 7) is -0.0542. The first kappa shape index (κ1) is 15.3. The van der Waals surface area contributed by atoms with Gasteiger partial charge in [-0.15, -0.1) is 0 Å². The topological polar surface area (TPSA) is 20.3 Å². The van der Waals surface area contributed by atoms with Crippen LogP contribution in [-0.2, 0) is 0 Å². The number of hydrogen-bond acceptors (Lipinski definition) is 1. The molecule has 1 aromatic carbocycles. The molecule has 1 unspecified atom stereocenters. The van der Waals surface area contributed by atoms with E-state index in [0.717, 1.165) is 12.1 Å². The van der Waals surface area contributed by atoms with E-state index in [1.54, 1.807) is 0 Å². The Hall–Kier alpha value is -1.11. The second-order valence-electron chi connectivity index (χ2n) is 4.76. The minimum absolute atomic E-state index is 0.0396. The highest BCUT2D eigenvalue weighted by molar-refractivity contribution is 9.10. The number of alkyl halides is 3. The van der Waals surface area contributed by atoms with Gasteiger partial charge in [0.05, 0.1) is 11.5 Å². The second kappa shape index (κ2) is 5.71. The highest BCUT2D eigenvalue weighted by Gasteiger charge is 2.42. The quantitative estimate of drug-likeness (QED) is 0.698. The van der Waals surface area contributed by atoms with E-state index in [2.05, 4.69) is 15.9 Å². The molecule has 1 fully saturated rings. The lowest BCUT2D eigenvalue weighted by Crippen LogP contribution is -2.44. The molecular formula is C13H12BrF4NO. The minimum atomic E-state index is -4.29. The summed E-state index contributed by atoms with van der Waals surface area (Å²) in [6, 6.07) is 3.51. The Kier molecular flexibility index (Phi) is 4.36. The number of piperidine rings is 1. The summed E-state index contributed by atoms with van der Waals surface area (Å²) in [6.07, 6.45) is -3.94. The van der Waals surface area contributed by atoms with E-state index in [0.29, 0.717) is 6.42 Å². The number of nitrogens with zero attached hydrogens (tertiary/aromatic N) is 1. The van der Waals surface area contributed by atoms with E-state index in [1.165, 1.54) is 11.0 Å². The molecule has 0 spiro atoms. The average Bonchev–Trinajstić information content (AvgIpc) is 2.37. The van der Waals surface area contributed by atoms with E-state index < -0.39 is 23.8 Å². The highest BCUT2D eigenvalue weighted by atomic mass is 79.9. The number of amides is 1. The van der Waals surface area contributed by atoms with Crippen molar-refractivity contribution in [3.8, 4) is 0 Å². The van der Waals surface area contributed by atoms with Crippen molar-refractivity contribution in [2.75, 3.05) is 13.1 Å². The third-order valence-corrected chi connectivity index (χ3v) is 3.99. The zero-order valence-electron chi connectivity index (χ0n) is 10.4. The molecule has 1 heterocycles. The maximum atomic E-state index is 13.0. The monoisotopic (exact) mass is 353 g/mol. The average molecular weight is 354 g/mol. The predicted molar refractivity (Wildman–Crippen MR) is 68.8 cm³/mol. The van der Waals surface area contributed by atoms with Crippen LogP contribution >= 0.6 is 15.9 Å². The van der Waals surface area contributed by atoms with Crippen LogP contribution in [0.25, 0.3) is 0 Å². The lowest BCUT2D eigenvalue weighted by atomic mass is 9.97. The van der Waals surface area contributed by atoms with Crippen molar-refractivity contribution < 1.29 is 22.4 Å². The zero-order valence-corrected chi connectivity index (χ0v) is 12.0. The summed E-state index contributed by atoms with van der Waals surface area (Å²) in [4.78, 5) is 13.4. The molecule has 2 rings (SSSR count). The Morgan fingerprint density at radius 1 is 1.35 bits per heavy atom. The molecule has 1 aliphatic rings. The van der Waals surface area contributed by atoms with Crippen LogP contribution in [0, 0.1) is 11.7 Å². The van der Waals surface area contributed by atoms with Crippen LogP contribution < -0.4 is 0 Å². The van der Waals surface area contributed by atoms with E-state index in [9.17, 15) is 22.4 Å². The summed E-state index contributed by atoms with van der Waals surface area (Å²) < 4.78 is 51.4. The molecule has 1 atom stereocenters. The Labute approximate surface area is 121 Å². The Morgan fingerprint density at radius 2 is 2.05 bits per heavy atom. The number of carbonyl (C=O) groups excluding carboxylic acids is 1. The molecule has 1 aromatic rings. The third-order valence-electron chi connectivity index (χ3n) is 3.33. The third kappa shape index (κ3) is 3.31. The summed E-state index contributed by atoms with van der Waals surface area (Å²) in [5.41, 5.74) is 0.175. The summed E-state index contributed by atoms with van der Waals surface area (Å²) in [5.74, 6) is -2.51. The fourth-order valence-electron chi connectivity index (χ4n) is 2.26. The molecule has 110 valence electrons. The molecule has 0 saturated carbocycles. The number of benzene rings is 1. The number of carbonyl (C=O) groups is 1. The van der Waals surface area contributed by atoms with Gasteiger partial charge in [-0.2, -0.15) is 13.2 Å². The Balaban J connectivity index is 2.16. The summed E-state index contributed by atoms with van der Waals surface area (Å²) in [5, 5.41) is 0. The maximum Gasteiger partial charge on any atom is 0.393 e. The number of hydrogen-bond donors (Lipinski definition) is 0. The lowest BCUT2D eigenvalue weighted by Gasteiger charge is -2.34. The van der Waals surface area contributed by atoms with Crippen LogP contribution in [0.2, 0.25) is 0 Å². The van der Waals surface area contributed by atoms with Crippen molar-refractivity contribution in [1.82, 2.24) is 4.90 Å². The first-order valence-corrected chi connectivity index (χ1v) is 6.89. The predicted octanol–water partition coefficient (Wildman–Crippen LogP) is 4.00. The van der Waals surface area contributed by atoms with E-state index in [1.807, 2.05) is 0 Å². The van der Waals surface area contributed by atoms with Gasteiger partial charge in [0, 0.05) is 17.6 Å².